The van der Waals surface area contributed by atoms with Crippen molar-refractivity contribution in [1.82, 2.24) is 15.2 Å². The second kappa shape index (κ2) is 8.22. The fourth-order valence-electron chi connectivity index (χ4n) is 3.43. The van der Waals surface area contributed by atoms with Gasteiger partial charge in [-0.2, -0.15) is 0 Å². The van der Waals surface area contributed by atoms with Crippen LogP contribution in [0.3, 0.4) is 0 Å². The normalized spacial score (nSPS) is 19.8. The molecule has 8 heteroatoms. The van der Waals surface area contributed by atoms with Gasteiger partial charge in [0.25, 0.3) is 5.91 Å². The van der Waals surface area contributed by atoms with Crippen LogP contribution in [0.15, 0.2) is 34.9 Å². The van der Waals surface area contributed by atoms with Crippen molar-refractivity contribution in [3.63, 3.8) is 0 Å². The number of amides is 2. The summed E-state index contributed by atoms with van der Waals surface area (Å²) in [5.41, 5.74) is 5.77. The highest BCUT2D eigenvalue weighted by molar-refractivity contribution is 5.97. The zero-order valence-corrected chi connectivity index (χ0v) is 15.6. The number of hydrogen-bond acceptors (Lipinski definition) is 6. The smallest absolute Gasteiger partial charge is 0.252 e. The number of nitrogens with zero attached hydrogens (tertiary/aromatic N) is 2. The van der Waals surface area contributed by atoms with Gasteiger partial charge in [-0.15, -0.1) is 0 Å². The lowest BCUT2D eigenvalue weighted by Crippen LogP contribution is -2.42. The highest BCUT2D eigenvalue weighted by Gasteiger charge is 2.37. The Labute approximate surface area is 158 Å². The molecule has 0 aliphatic carbocycles. The third-order valence-electron chi connectivity index (χ3n) is 4.63. The number of primary amides is 1. The molecule has 0 unspecified atom stereocenters. The number of pyridine rings is 1. The third kappa shape index (κ3) is 4.46. The second-order valence-corrected chi connectivity index (χ2v) is 6.69. The quantitative estimate of drug-likeness (QED) is 0.675. The molecule has 8 nitrogen and oxygen atoms in total. The van der Waals surface area contributed by atoms with Crippen LogP contribution >= 0.6 is 0 Å². The molecule has 27 heavy (non-hydrogen) atoms. The van der Waals surface area contributed by atoms with Crippen LogP contribution in [0.5, 0.6) is 0 Å². The molecule has 0 radical (unpaired) electrons. The van der Waals surface area contributed by atoms with Gasteiger partial charge in [-0.3, -0.25) is 14.5 Å². The van der Waals surface area contributed by atoms with Gasteiger partial charge in [0.2, 0.25) is 5.91 Å². The lowest BCUT2D eigenvalue weighted by Gasteiger charge is -2.22. The summed E-state index contributed by atoms with van der Waals surface area (Å²) in [6.07, 6.45) is 2.20. The molecule has 2 atom stereocenters. The number of nitrogens with two attached hydrogens (primary N) is 1. The Kier molecular flexibility index (Phi) is 5.75. The molecule has 2 amide bonds. The van der Waals surface area contributed by atoms with E-state index < -0.39 is 5.91 Å². The van der Waals surface area contributed by atoms with Crippen LogP contribution in [0.25, 0.3) is 0 Å². The fourth-order valence-corrected chi connectivity index (χ4v) is 3.43. The average Bonchev–Trinajstić information content (AvgIpc) is 3.22. The molecule has 1 fully saturated rings. The standard InChI is InChI=1S/C19H25N5O3/c1-3-21-19(26)16-9-13(10-24(16)11-14-7-6-12(2)27-14)23-18-15(17(20)25)5-4-8-22-18/h4-8,13,16H,3,9-11H2,1-2H3,(H2,20,25)(H,21,26)(H,22,23)/t13-,16-/m0/s1. The van der Waals surface area contributed by atoms with Crippen LogP contribution in [0, 0.1) is 6.92 Å². The molecule has 3 heterocycles. The summed E-state index contributed by atoms with van der Waals surface area (Å²) in [5, 5.41) is 6.17. The van der Waals surface area contributed by atoms with Crippen molar-refractivity contribution in [2.45, 2.75) is 38.9 Å². The summed E-state index contributed by atoms with van der Waals surface area (Å²) in [6.45, 7) is 5.53. The first-order chi connectivity index (χ1) is 13.0. The Morgan fingerprint density at radius 1 is 1.37 bits per heavy atom. The number of aromatic nitrogens is 1. The van der Waals surface area contributed by atoms with Gasteiger partial charge in [0, 0.05) is 25.3 Å². The monoisotopic (exact) mass is 371 g/mol. The predicted molar refractivity (Wildman–Crippen MR) is 101 cm³/mol. The molecule has 144 valence electrons. The first-order valence-electron chi connectivity index (χ1n) is 9.06. The van der Waals surface area contributed by atoms with Gasteiger partial charge in [-0.05, 0) is 44.5 Å². The first-order valence-corrected chi connectivity index (χ1v) is 9.06. The van der Waals surface area contributed by atoms with Crippen molar-refractivity contribution >= 4 is 17.6 Å². The van der Waals surface area contributed by atoms with Crippen LogP contribution in [0.4, 0.5) is 5.82 Å². The maximum Gasteiger partial charge on any atom is 0.252 e. The number of carbonyl (C=O) groups is 2. The van der Waals surface area contributed by atoms with E-state index in [-0.39, 0.29) is 18.0 Å². The summed E-state index contributed by atoms with van der Waals surface area (Å²) in [7, 11) is 0. The maximum atomic E-state index is 12.5. The molecule has 4 N–H and O–H groups in total. The molecular formula is C19H25N5O3. The molecule has 1 aliphatic heterocycles. The van der Waals surface area contributed by atoms with Gasteiger partial charge < -0.3 is 20.8 Å². The lowest BCUT2D eigenvalue weighted by atomic mass is 10.1. The number of rotatable bonds is 7. The molecule has 0 spiro atoms. The molecule has 2 aromatic heterocycles. The van der Waals surface area contributed by atoms with Gasteiger partial charge in [0.1, 0.15) is 17.3 Å². The zero-order chi connectivity index (χ0) is 19.4. The molecular weight excluding hydrogens is 346 g/mol. The van der Waals surface area contributed by atoms with E-state index in [1.165, 1.54) is 0 Å². The van der Waals surface area contributed by atoms with Crippen molar-refractivity contribution in [1.29, 1.82) is 0 Å². The minimum Gasteiger partial charge on any atom is -0.465 e. The largest absolute Gasteiger partial charge is 0.465 e. The average molecular weight is 371 g/mol. The van der Waals surface area contributed by atoms with E-state index in [1.807, 2.05) is 26.0 Å². The van der Waals surface area contributed by atoms with Crippen LogP contribution in [-0.4, -0.2) is 46.9 Å². The minimum atomic E-state index is -0.535. The first kappa shape index (κ1) is 18.9. The van der Waals surface area contributed by atoms with Gasteiger partial charge >= 0.3 is 0 Å². The van der Waals surface area contributed by atoms with Gasteiger partial charge in [-0.25, -0.2) is 4.98 Å². The van der Waals surface area contributed by atoms with Gasteiger partial charge in [0.05, 0.1) is 18.2 Å². The van der Waals surface area contributed by atoms with Crippen LogP contribution in [0.1, 0.15) is 35.2 Å². The van der Waals surface area contributed by atoms with Crippen LogP contribution in [-0.2, 0) is 11.3 Å². The molecule has 1 saturated heterocycles. The Morgan fingerprint density at radius 3 is 2.85 bits per heavy atom. The van der Waals surface area contributed by atoms with Crippen molar-refractivity contribution < 1.29 is 14.0 Å². The van der Waals surface area contributed by atoms with Gasteiger partial charge in [0.15, 0.2) is 0 Å². The molecule has 3 rings (SSSR count). The Hall–Kier alpha value is -2.87. The van der Waals surface area contributed by atoms with E-state index in [2.05, 4.69) is 20.5 Å². The van der Waals surface area contributed by atoms with E-state index in [1.54, 1.807) is 18.3 Å². The number of likely N-dealkylation sites (tertiary alicyclic amines) is 1. The summed E-state index contributed by atoms with van der Waals surface area (Å²) in [5.74, 6) is 1.56. The van der Waals surface area contributed by atoms with Crippen molar-refractivity contribution in [2.75, 3.05) is 18.4 Å². The van der Waals surface area contributed by atoms with E-state index in [9.17, 15) is 9.59 Å². The summed E-state index contributed by atoms with van der Waals surface area (Å²) >= 11 is 0. The third-order valence-corrected chi connectivity index (χ3v) is 4.63. The maximum absolute atomic E-state index is 12.5. The molecule has 2 aromatic rings. The Bertz CT molecular complexity index is 819. The van der Waals surface area contributed by atoms with Crippen molar-refractivity contribution in [3.05, 3.63) is 47.5 Å². The minimum absolute atomic E-state index is 0.0128. The van der Waals surface area contributed by atoms with E-state index in [0.717, 1.165) is 11.5 Å². The van der Waals surface area contributed by atoms with E-state index >= 15 is 0 Å². The van der Waals surface area contributed by atoms with Gasteiger partial charge in [-0.1, -0.05) is 0 Å². The number of carbonyl (C=O) groups excluding carboxylic acids is 2. The number of aryl methyl sites for hydroxylation is 1. The second-order valence-electron chi connectivity index (χ2n) is 6.69. The van der Waals surface area contributed by atoms with E-state index in [0.29, 0.717) is 37.4 Å². The summed E-state index contributed by atoms with van der Waals surface area (Å²) < 4.78 is 5.67. The van der Waals surface area contributed by atoms with Crippen molar-refractivity contribution in [3.8, 4) is 0 Å². The highest BCUT2D eigenvalue weighted by atomic mass is 16.3. The molecule has 0 saturated carbocycles. The number of nitrogens with one attached hydrogen (secondary N) is 2. The summed E-state index contributed by atoms with van der Waals surface area (Å²) in [6, 6.07) is 6.82. The Morgan fingerprint density at radius 2 is 2.19 bits per heavy atom. The van der Waals surface area contributed by atoms with Crippen LogP contribution < -0.4 is 16.4 Å². The Balaban J connectivity index is 1.76. The van der Waals surface area contributed by atoms with Crippen LogP contribution in [0.2, 0.25) is 0 Å². The lowest BCUT2D eigenvalue weighted by molar-refractivity contribution is -0.125. The topological polar surface area (TPSA) is 113 Å². The number of hydrogen-bond donors (Lipinski definition) is 3. The molecule has 1 aliphatic rings. The molecule has 0 aromatic carbocycles. The van der Waals surface area contributed by atoms with Crippen molar-refractivity contribution in [2.24, 2.45) is 5.73 Å². The number of likely N-dealkylation sites (N-methyl/N-ethyl adjacent to an activating group) is 1. The molecule has 0 bridgehead atoms. The predicted octanol–water partition coefficient (Wildman–Crippen LogP) is 1.27. The van der Waals surface area contributed by atoms with E-state index in [4.69, 9.17) is 10.2 Å². The fraction of sp³-hybridized carbons (Fsp3) is 0.421. The number of furan rings is 1. The summed E-state index contributed by atoms with van der Waals surface area (Å²) in [4.78, 5) is 30.4. The number of anilines is 1. The zero-order valence-electron chi connectivity index (χ0n) is 15.6. The SMILES string of the molecule is CCNC(=O)[C@@H]1C[C@H](Nc2ncccc2C(N)=O)CN1Cc1ccc(C)o1. The highest BCUT2D eigenvalue weighted by Crippen LogP contribution is 2.25.